The third-order valence-electron chi connectivity index (χ3n) is 4.34. The van der Waals surface area contributed by atoms with Crippen molar-refractivity contribution in [3.63, 3.8) is 0 Å². The molecular formula is C14H13OP. The second-order valence-corrected chi connectivity index (χ2v) is 8.08. The fourth-order valence-corrected chi connectivity index (χ4v) is 7.56. The highest BCUT2D eigenvalue weighted by Gasteiger charge is 2.60. The van der Waals surface area contributed by atoms with Crippen LogP contribution in [0.1, 0.15) is 0 Å². The molecule has 1 unspecified atom stereocenters. The molecule has 1 aromatic rings. The minimum absolute atomic E-state index is 0.287. The molecule has 2 aliphatic heterocycles. The minimum atomic E-state index is -2.22. The van der Waals surface area contributed by atoms with E-state index in [-0.39, 0.29) is 11.3 Å². The Morgan fingerprint density at radius 2 is 1.38 bits per heavy atom. The minimum Gasteiger partial charge on any atom is -0.317 e. The van der Waals surface area contributed by atoms with Crippen LogP contribution in [0.25, 0.3) is 0 Å². The summed E-state index contributed by atoms with van der Waals surface area (Å²) >= 11 is 0. The van der Waals surface area contributed by atoms with E-state index in [4.69, 9.17) is 0 Å². The van der Waals surface area contributed by atoms with Gasteiger partial charge >= 0.3 is 0 Å². The van der Waals surface area contributed by atoms with E-state index in [1.54, 1.807) is 0 Å². The van der Waals surface area contributed by atoms with Crippen molar-refractivity contribution >= 4 is 12.4 Å². The number of allylic oxidation sites excluding steroid dienone is 4. The average molecular weight is 228 g/mol. The van der Waals surface area contributed by atoms with Gasteiger partial charge in [0.2, 0.25) is 0 Å². The summed E-state index contributed by atoms with van der Waals surface area (Å²) in [4.78, 5) is 0. The molecule has 0 saturated carbocycles. The Morgan fingerprint density at radius 3 is 1.88 bits per heavy atom. The smallest absolute Gasteiger partial charge is 0.129 e. The monoisotopic (exact) mass is 228 g/mol. The molecule has 4 rings (SSSR count). The van der Waals surface area contributed by atoms with Crippen molar-refractivity contribution in [3.8, 4) is 0 Å². The lowest BCUT2D eigenvalue weighted by Crippen LogP contribution is -2.26. The Bertz CT molecular complexity index is 517. The van der Waals surface area contributed by atoms with Crippen LogP contribution in [0.15, 0.2) is 54.6 Å². The van der Waals surface area contributed by atoms with E-state index in [9.17, 15) is 4.57 Å². The highest BCUT2D eigenvalue weighted by atomic mass is 31.2. The van der Waals surface area contributed by atoms with Gasteiger partial charge in [-0.25, -0.2) is 0 Å². The molecule has 1 saturated heterocycles. The standard InChI is InChI=1S/C14H13OP/c15-16(10-4-2-1-3-5-10)13-8-9-14(16)12-7-6-11(12)13/h1-9,11-14H/t11-,12+,13-,14+,16?. The van der Waals surface area contributed by atoms with Gasteiger partial charge in [-0.3, -0.25) is 0 Å². The molecule has 0 N–H and O–H groups in total. The van der Waals surface area contributed by atoms with Crippen LogP contribution in [0.4, 0.5) is 0 Å². The molecule has 2 heterocycles. The van der Waals surface area contributed by atoms with Gasteiger partial charge in [0.25, 0.3) is 0 Å². The highest BCUT2D eigenvalue weighted by Crippen LogP contribution is 2.72. The van der Waals surface area contributed by atoms with Gasteiger partial charge in [0.05, 0.1) is 0 Å². The first-order chi connectivity index (χ1) is 7.82. The Kier molecular flexibility index (Phi) is 1.57. The predicted octanol–water partition coefficient (Wildman–Crippen LogP) is 2.80. The van der Waals surface area contributed by atoms with E-state index in [1.807, 2.05) is 30.3 Å². The zero-order chi connectivity index (χ0) is 10.8. The maximum atomic E-state index is 13.3. The molecule has 16 heavy (non-hydrogen) atoms. The number of hydrogen-bond acceptors (Lipinski definition) is 1. The topological polar surface area (TPSA) is 17.1 Å². The molecule has 80 valence electrons. The maximum absolute atomic E-state index is 13.3. The summed E-state index contributed by atoms with van der Waals surface area (Å²) in [6, 6.07) is 10.1. The molecule has 2 bridgehead atoms. The van der Waals surface area contributed by atoms with Gasteiger partial charge in [-0.1, -0.05) is 54.6 Å². The van der Waals surface area contributed by atoms with Crippen molar-refractivity contribution in [2.45, 2.75) is 11.3 Å². The van der Waals surface area contributed by atoms with Gasteiger partial charge in [-0.15, -0.1) is 0 Å². The summed E-state index contributed by atoms with van der Waals surface area (Å²) in [5.41, 5.74) is 0.574. The lowest BCUT2D eigenvalue weighted by Gasteiger charge is -2.28. The molecule has 1 fully saturated rings. The molecule has 0 aromatic heterocycles. The van der Waals surface area contributed by atoms with E-state index >= 15 is 0 Å². The molecular weight excluding hydrogens is 215 g/mol. The third kappa shape index (κ3) is 0.836. The average Bonchev–Trinajstić information content (AvgIpc) is 2.66. The van der Waals surface area contributed by atoms with E-state index in [1.165, 1.54) is 0 Å². The Balaban J connectivity index is 1.89. The van der Waals surface area contributed by atoms with Gasteiger partial charge in [-0.2, -0.15) is 0 Å². The largest absolute Gasteiger partial charge is 0.317 e. The van der Waals surface area contributed by atoms with Crippen LogP contribution in [-0.2, 0) is 4.57 Å². The van der Waals surface area contributed by atoms with Crippen molar-refractivity contribution < 1.29 is 4.57 Å². The van der Waals surface area contributed by atoms with Crippen molar-refractivity contribution in [2.24, 2.45) is 11.8 Å². The van der Waals surface area contributed by atoms with Crippen LogP contribution >= 0.6 is 7.14 Å². The van der Waals surface area contributed by atoms with E-state index in [0.29, 0.717) is 11.8 Å². The Morgan fingerprint density at radius 1 is 0.812 bits per heavy atom. The first-order valence-corrected chi connectivity index (χ1v) is 7.68. The number of fused-ring (bicyclic) bond motifs is 5. The predicted molar refractivity (Wildman–Crippen MR) is 66.5 cm³/mol. The molecule has 0 radical (unpaired) electrons. The highest BCUT2D eigenvalue weighted by molar-refractivity contribution is 7.74. The van der Waals surface area contributed by atoms with Crippen LogP contribution < -0.4 is 5.30 Å². The first-order valence-electron chi connectivity index (χ1n) is 5.83. The summed E-state index contributed by atoms with van der Waals surface area (Å²) in [6.45, 7) is 0. The maximum Gasteiger partial charge on any atom is 0.129 e. The lowest BCUT2D eigenvalue weighted by atomic mass is 9.75. The fraction of sp³-hybridized carbons (Fsp3) is 0.286. The van der Waals surface area contributed by atoms with Crippen LogP contribution in [0, 0.1) is 11.8 Å². The van der Waals surface area contributed by atoms with Crippen LogP contribution in [0.5, 0.6) is 0 Å². The van der Waals surface area contributed by atoms with Crippen molar-refractivity contribution in [1.82, 2.24) is 0 Å². The quantitative estimate of drug-likeness (QED) is 0.533. The molecule has 1 aliphatic carbocycles. The van der Waals surface area contributed by atoms with Crippen molar-refractivity contribution in [1.29, 1.82) is 0 Å². The Hall–Kier alpha value is -1.07. The summed E-state index contributed by atoms with van der Waals surface area (Å²) < 4.78 is 13.3. The zero-order valence-electron chi connectivity index (χ0n) is 8.86. The molecule has 0 amide bonds. The van der Waals surface area contributed by atoms with E-state index < -0.39 is 7.14 Å². The van der Waals surface area contributed by atoms with Crippen molar-refractivity contribution in [2.75, 3.05) is 0 Å². The van der Waals surface area contributed by atoms with Crippen LogP contribution in [0.3, 0.4) is 0 Å². The van der Waals surface area contributed by atoms with Gasteiger partial charge in [0.1, 0.15) is 7.14 Å². The second-order valence-electron chi connectivity index (χ2n) is 4.95. The van der Waals surface area contributed by atoms with Gasteiger partial charge < -0.3 is 4.57 Å². The zero-order valence-corrected chi connectivity index (χ0v) is 9.76. The second kappa shape index (κ2) is 2.78. The van der Waals surface area contributed by atoms with Crippen LogP contribution in [-0.4, -0.2) is 11.3 Å². The molecule has 2 heteroatoms. The summed E-state index contributed by atoms with van der Waals surface area (Å²) in [6.07, 6.45) is 8.88. The molecule has 1 nitrogen and oxygen atoms in total. The summed E-state index contributed by atoms with van der Waals surface area (Å²) in [5, 5.41) is 1.08. The Labute approximate surface area is 95.2 Å². The van der Waals surface area contributed by atoms with Gasteiger partial charge in [-0.05, 0) is 11.8 Å². The molecule has 0 spiro atoms. The summed E-state index contributed by atoms with van der Waals surface area (Å²) in [7, 11) is -2.22. The molecule has 3 aliphatic rings. The van der Waals surface area contributed by atoms with Gasteiger partial charge in [0.15, 0.2) is 0 Å². The third-order valence-corrected chi connectivity index (χ3v) is 8.25. The van der Waals surface area contributed by atoms with Gasteiger partial charge in [0, 0.05) is 16.6 Å². The molecule has 1 aromatic carbocycles. The number of hydrogen-bond donors (Lipinski definition) is 0. The number of benzene rings is 1. The van der Waals surface area contributed by atoms with E-state index in [2.05, 4.69) is 24.3 Å². The van der Waals surface area contributed by atoms with Crippen LogP contribution in [0.2, 0.25) is 0 Å². The normalized spacial score (nSPS) is 46.8. The fourth-order valence-electron chi connectivity index (χ4n) is 3.51. The first kappa shape index (κ1) is 9.01. The van der Waals surface area contributed by atoms with E-state index in [0.717, 1.165) is 5.30 Å². The molecule has 5 atom stereocenters. The SMILES string of the molecule is O=P1(c2ccccc2)[C@@H]2C=C[C@H]1[C@H]1C=C[C@H]12. The lowest BCUT2D eigenvalue weighted by molar-refractivity contribution is 0.464. The number of rotatable bonds is 1. The summed E-state index contributed by atoms with van der Waals surface area (Å²) in [5.74, 6) is 1.11. The van der Waals surface area contributed by atoms with Crippen molar-refractivity contribution in [3.05, 3.63) is 54.6 Å².